The Morgan fingerprint density at radius 1 is 1.42 bits per heavy atom. The van der Waals surface area contributed by atoms with E-state index in [1.54, 1.807) is 0 Å². The lowest BCUT2D eigenvalue weighted by molar-refractivity contribution is -0.137. The van der Waals surface area contributed by atoms with Gasteiger partial charge in [0.25, 0.3) is 5.91 Å². The third-order valence-corrected chi connectivity index (χ3v) is 3.67. The van der Waals surface area contributed by atoms with Crippen molar-refractivity contribution in [3.8, 4) is 0 Å². The molecule has 19 heavy (non-hydrogen) atoms. The first kappa shape index (κ1) is 14.3. The average molecular weight is 338 g/mol. The van der Waals surface area contributed by atoms with Crippen LogP contribution in [0, 0.1) is 0 Å². The first-order valence-electron chi connectivity index (χ1n) is 5.63. The van der Waals surface area contributed by atoms with Crippen LogP contribution >= 0.6 is 15.9 Å². The SMILES string of the molecule is O=C(c1cc(C(F)(F)F)ccc1Br)N1CC[C@H](O)C1. The van der Waals surface area contributed by atoms with Crippen LogP contribution in [-0.4, -0.2) is 35.1 Å². The van der Waals surface area contributed by atoms with Gasteiger partial charge in [0, 0.05) is 17.6 Å². The summed E-state index contributed by atoms with van der Waals surface area (Å²) in [5, 5.41) is 9.36. The van der Waals surface area contributed by atoms with E-state index >= 15 is 0 Å². The number of halogens is 4. The summed E-state index contributed by atoms with van der Waals surface area (Å²) in [6.07, 6.45) is -4.64. The molecule has 1 aromatic rings. The standard InChI is InChI=1S/C12H11BrF3NO2/c13-10-2-1-7(12(14,15)16)5-9(10)11(19)17-4-3-8(18)6-17/h1-2,5,8,18H,3-4,6H2/t8-/m0/s1. The van der Waals surface area contributed by atoms with E-state index in [4.69, 9.17) is 0 Å². The molecule has 1 aliphatic rings. The first-order chi connectivity index (χ1) is 8.79. The van der Waals surface area contributed by atoms with E-state index in [-0.39, 0.29) is 12.1 Å². The van der Waals surface area contributed by atoms with Crippen LogP contribution in [0.3, 0.4) is 0 Å². The monoisotopic (exact) mass is 337 g/mol. The summed E-state index contributed by atoms with van der Waals surface area (Å²) in [6, 6.07) is 2.96. The molecule has 3 nitrogen and oxygen atoms in total. The number of hydrogen-bond acceptors (Lipinski definition) is 2. The number of carbonyl (C=O) groups is 1. The molecule has 0 unspecified atom stereocenters. The minimum Gasteiger partial charge on any atom is -0.391 e. The van der Waals surface area contributed by atoms with E-state index in [9.17, 15) is 23.1 Å². The van der Waals surface area contributed by atoms with Crippen molar-refractivity contribution in [3.05, 3.63) is 33.8 Å². The lowest BCUT2D eigenvalue weighted by Gasteiger charge is -2.17. The number of nitrogens with zero attached hydrogens (tertiary/aromatic N) is 1. The van der Waals surface area contributed by atoms with E-state index < -0.39 is 23.8 Å². The van der Waals surface area contributed by atoms with Crippen LogP contribution in [0.5, 0.6) is 0 Å². The van der Waals surface area contributed by atoms with Gasteiger partial charge >= 0.3 is 6.18 Å². The predicted molar refractivity (Wildman–Crippen MR) is 65.7 cm³/mol. The maximum Gasteiger partial charge on any atom is 0.416 e. The fourth-order valence-corrected chi connectivity index (χ4v) is 2.38. The average Bonchev–Trinajstić information content (AvgIpc) is 2.74. The molecular weight excluding hydrogens is 327 g/mol. The molecule has 1 fully saturated rings. The summed E-state index contributed by atoms with van der Waals surface area (Å²) in [7, 11) is 0. The minimum absolute atomic E-state index is 0.0380. The second-order valence-electron chi connectivity index (χ2n) is 4.39. The van der Waals surface area contributed by atoms with Gasteiger partial charge in [-0.25, -0.2) is 0 Å². The molecule has 0 saturated carbocycles. The molecule has 1 aliphatic heterocycles. The molecule has 0 aromatic heterocycles. The molecule has 1 heterocycles. The highest BCUT2D eigenvalue weighted by Gasteiger charge is 2.33. The molecule has 104 valence electrons. The van der Waals surface area contributed by atoms with Crippen molar-refractivity contribution >= 4 is 21.8 Å². The van der Waals surface area contributed by atoms with Gasteiger partial charge in [0.05, 0.1) is 17.2 Å². The van der Waals surface area contributed by atoms with Gasteiger partial charge in [0.2, 0.25) is 0 Å². The molecular formula is C12H11BrF3NO2. The Hall–Kier alpha value is -1.08. The molecule has 0 bridgehead atoms. The van der Waals surface area contributed by atoms with Gasteiger partial charge in [-0.3, -0.25) is 4.79 Å². The van der Waals surface area contributed by atoms with Crippen molar-refractivity contribution in [1.82, 2.24) is 4.90 Å². The van der Waals surface area contributed by atoms with Crippen LogP contribution < -0.4 is 0 Å². The quantitative estimate of drug-likeness (QED) is 0.855. The van der Waals surface area contributed by atoms with Crippen molar-refractivity contribution in [1.29, 1.82) is 0 Å². The maximum atomic E-state index is 12.6. The van der Waals surface area contributed by atoms with Crippen LogP contribution in [0.2, 0.25) is 0 Å². The van der Waals surface area contributed by atoms with Gasteiger partial charge in [-0.2, -0.15) is 13.2 Å². The van der Waals surface area contributed by atoms with Gasteiger partial charge in [-0.15, -0.1) is 0 Å². The number of amides is 1. The first-order valence-corrected chi connectivity index (χ1v) is 6.42. The topological polar surface area (TPSA) is 40.5 Å². The predicted octanol–water partition coefficient (Wildman–Crippen LogP) is 2.67. The Bertz CT molecular complexity index is 504. The summed E-state index contributed by atoms with van der Waals surface area (Å²) in [4.78, 5) is 13.5. The third-order valence-electron chi connectivity index (χ3n) is 2.97. The highest BCUT2D eigenvalue weighted by molar-refractivity contribution is 9.10. The number of β-amino-alcohol motifs (C(OH)–C–C–N with tert-alkyl or cyclic N) is 1. The molecule has 1 amide bonds. The van der Waals surface area contributed by atoms with Crippen molar-refractivity contribution in [3.63, 3.8) is 0 Å². The Kier molecular flexibility index (Phi) is 3.87. The molecule has 1 saturated heterocycles. The van der Waals surface area contributed by atoms with Crippen LogP contribution in [0.1, 0.15) is 22.3 Å². The molecule has 1 atom stereocenters. The van der Waals surface area contributed by atoms with E-state index in [1.807, 2.05) is 0 Å². The molecule has 0 radical (unpaired) electrons. The van der Waals surface area contributed by atoms with Crippen LogP contribution in [0.25, 0.3) is 0 Å². The molecule has 2 rings (SSSR count). The van der Waals surface area contributed by atoms with Crippen molar-refractivity contribution in [2.75, 3.05) is 13.1 Å². The molecule has 1 N–H and O–H groups in total. The Morgan fingerprint density at radius 3 is 2.63 bits per heavy atom. The number of benzene rings is 1. The fraction of sp³-hybridized carbons (Fsp3) is 0.417. The number of aliphatic hydroxyl groups excluding tert-OH is 1. The number of rotatable bonds is 1. The molecule has 1 aromatic carbocycles. The highest BCUT2D eigenvalue weighted by Crippen LogP contribution is 2.32. The van der Waals surface area contributed by atoms with Crippen molar-refractivity contribution < 1.29 is 23.1 Å². The summed E-state index contributed by atoms with van der Waals surface area (Å²) < 4.78 is 38.2. The van der Waals surface area contributed by atoms with E-state index in [1.165, 1.54) is 11.0 Å². The summed E-state index contributed by atoms with van der Waals surface area (Å²) in [5.41, 5.74) is -0.900. The summed E-state index contributed by atoms with van der Waals surface area (Å²) in [6.45, 7) is 0.504. The lowest BCUT2D eigenvalue weighted by Crippen LogP contribution is -2.30. The van der Waals surface area contributed by atoms with Crippen molar-refractivity contribution in [2.45, 2.75) is 18.7 Å². The zero-order valence-corrected chi connectivity index (χ0v) is 11.3. The zero-order valence-electron chi connectivity index (χ0n) is 9.75. The number of alkyl halides is 3. The molecule has 0 spiro atoms. The summed E-state index contributed by atoms with van der Waals surface area (Å²) >= 11 is 3.08. The minimum atomic E-state index is -4.49. The Morgan fingerprint density at radius 2 is 2.11 bits per heavy atom. The lowest BCUT2D eigenvalue weighted by atomic mass is 10.1. The zero-order chi connectivity index (χ0) is 14.2. The number of hydrogen-bond donors (Lipinski definition) is 1. The highest BCUT2D eigenvalue weighted by atomic mass is 79.9. The number of carbonyl (C=O) groups excluding carboxylic acids is 1. The van der Waals surface area contributed by atoms with Gasteiger partial charge in [-0.05, 0) is 40.5 Å². The third kappa shape index (κ3) is 3.09. The van der Waals surface area contributed by atoms with E-state index in [0.717, 1.165) is 12.1 Å². The number of aliphatic hydroxyl groups is 1. The largest absolute Gasteiger partial charge is 0.416 e. The second-order valence-corrected chi connectivity index (χ2v) is 5.24. The maximum absolute atomic E-state index is 12.6. The molecule has 0 aliphatic carbocycles. The van der Waals surface area contributed by atoms with Gasteiger partial charge < -0.3 is 10.0 Å². The van der Waals surface area contributed by atoms with Gasteiger partial charge in [0.1, 0.15) is 0 Å². The van der Waals surface area contributed by atoms with Crippen LogP contribution in [-0.2, 0) is 6.18 Å². The van der Waals surface area contributed by atoms with E-state index in [2.05, 4.69) is 15.9 Å². The van der Waals surface area contributed by atoms with Crippen LogP contribution in [0.15, 0.2) is 22.7 Å². The number of likely N-dealkylation sites (tertiary alicyclic amines) is 1. The molecule has 7 heteroatoms. The van der Waals surface area contributed by atoms with Gasteiger partial charge in [0.15, 0.2) is 0 Å². The second kappa shape index (κ2) is 5.13. The van der Waals surface area contributed by atoms with Crippen LogP contribution in [0.4, 0.5) is 13.2 Å². The van der Waals surface area contributed by atoms with Crippen molar-refractivity contribution in [2.24, 2.45) is 0 Å². The smallest absolute Gasteiger partial charge is 0.391 e. The Labute approximate surface area is 116 Å². The summed E-state index contributed by atoms with van der Waals surface area (Å²) in [5.74, 6) is -0.505. The van der Waals surface area contributed by atoms with Gasteiger partial charge in [-0.1, -0.05) is 0 Å². The fourth-order valence-electron chi connectivity index (χ4n) is 1.96. The Balaban J connectivity index is 2.31. The normalized spacial score (nSPS) is 19.8. The van der Waals surface area contributed by atoms with E-state index in [0.29, 0.717) is 17.4 Å².